The largest absolute Gasteiger partial charge is 0.494 e. The highest BCUT2D eigenvalue weighted by Gasteiger charge is 2.05. The number of methoxy groups -OCH3 is 1. The monoisotopic (exact) mass is 270 g/mol. The van der Waals surface area contributed by atoms with Crippen LogP contribution in [-0.4, -0.2) is 30.8 Å². The number of amides is 2. The van der Waals surface area contributed by atoms with Gasteiger partial charge in [-0.05, 0) is 17.7 Å². The van der Waals surface area contributed by atoms with Crippen molar-refractivity contribution in [1.29, 1.82) is 0 Å². The van der Waals surface area contributed by atoms with E-state index in [0.717, 1.165) is 0 Å². The van der Waals surface area contributed by atoms with E-state index in [2.05, 4.69) is 10.6 Å². The summed E-state index contributed by atoms with van der Waals surface area (Å²) in [6, 6.07) is 3.85. The van der Waals surface area contributed by atoms with Crippen LogP contribution in [0.15, 0.2) is 18.2 Å². The third-order valence-corrected chi connectivity index (χ3v) is 2.29. The SMILES string of the molecule is COc1ccc(CNC(=O)NCCC(=O)O)cc1F. The lowest BCUT2D eigenvalue weighted by atomic mass is 10.2. The molecular formula is C12H15FN2O4. The average Bonchev–Trinajstić information content (AvgIpc) is 2.36. The molecule has 0 saturated heterocycles. The van der Waals surface area contributed by atoms with E-state index in [9.17, 15) is 14.0 Å². The van der Waals surface area contributed by atoms with Crippen LogP contribution in [0, 0.1) is 5.82 Å². The number of halogens is 1. The molecular weight excluding hydrogens is 255 g/mol. The van der Waals surface area contributed by atoms with Crippen LogP contribution in [0.2, 0.25) is 0 Å². The summed E-state index contributed by atoms with van der Waals surface area (Å²) in [5.74, 6) is -1.36. The Morgan fingerprint density at radius 1 is 1.37 bits per heavy atom. The first-order chi connectivity index (χ1) is 9.02. The molecule has 0 atom stereocenters. The van der Waals surface area contributed by atoms with Crippen molar-refractivity contribution in [2.75, 3.05) is 13.7 Å². The van der Waals surface area contributed by atoms with Crippen LogP contribution in [0.3, 0.4) is 0 Å². The second-order valence-corrected chi connectivity index (χ2v) is 3.72. The third-order valence-electron chi connectivity index (χ3n) is 2.29. The summed E-state index contributed by atoms with van der Waals surface area (Å²) in [4.78, 5) is 21.5. The number of carboxylic acid groups (broad SMARTS) is 1. The zero-order valence-corrected chi connectivity index (χ0v) is 10.4. The predicted molar refractivity (Wildman–Crippen MR) is 65.4 cm³/mol. The van der Waals surface area contributed by atoms with Crippen molar-refractivity contribution in [1.82, 2.24) is 10.6 Å². The molecule has 104 valence electrons. The number of urea groups is 1. The Kier molecular flexibility index (Phi) is 5.59. The Bertz CT molecular complexity index is 465. The molecule has 1 aromatic rings. The van der Waals surface area contributed by atoms with E-state index in [4.69, 9.17) is 9.84 Å². The molecule has 0 bridgehead atoms. The van der Waals surface area contributed by atoms with Gasteiger partial charge in [0.2, 0.25) is 0 Å². The molecule has 0 unspecified atom stereocenters. The smallest absolute Gasteiger partial charge is 0.315 e. The van der Waals surface area contributed by atoms with E-state index < -0.39 is 17.8 Å². The van der Waals surface area contributed by atoms with Gasteiger partial charge >= 0.3 is 12.0 Å². The summed E-state index contributed by atoms with van der Waals surface area (Å²) >= 11 is 0. The van der Waals surface area contributed by atoms with Gasteiger partial charge in [-0.3, -0.25) is 4.79 Å². The molecule has 0 radical (unpaired) electrons. The summed E-state index contributed by atoms with van der Waals surface area (Å²) in [6.45, 7) is 0.179. The zero-order valence-electron chi connectivity index (χ0n) is 10.4. The zero-order chi connectivity index (χ0) is 14.3. The molecule has 0 fully saturated rings. The Balaban J connectivity index is 2.37. The number of carboxylic acids is 1. The van der Waals surface area contributed by atoms with Gasteiger partial charge in [0.15, 0.2) is 11.6 Å². The molecule has 0 aliphatic heterocycles. The van der Waals surface area contributed by atoms with Crippen LogP contribution in [0.1, 0.15) is 12.0 Å². The van der Waals surface area contributed by atoms with Crippen LogP contribution in [0.5, 0.6) is 5.75 Å². The predicted octanol–water partition coefficient (Wildman–Crippen LogP) is 1.11. The number of benzene rings is 1. The highest BCUT2D eigenvalue weighted by atomic mass is 19.1. The number of nitrogens with one attached hydrogen (secondary N) is 2. The standard InChI is InChI=1S/C12H15FN2O4/c1-19-10-3-2-8(6-9(10)13)7-15-12(18)14-5-4-11(16)17/h2-3,6H,4-5,7H2,1H3,(H,16,17)(H2,14,15,18). The van der Waals surface area contributed by atoms with Crippen LogP contribution in [0.4, 0.5) is 9.18 Å². The molecule has 3 N–H and O–H groups in total. The second kappa shape index (κ2) is 7.20. The fourth-order valence-corrected chi connectivity index (χ4v) is 1.35. The first-order valence-corrected chi connectivity index (χ1v) is 5.59. The van der Waals surface area contributed by atoms with Crippen molar-refractivity contribution in [2.24, 2.45) is 0 Å². The topological polar surface area (TPSA) is 87.7 Å². The minimum atomic E-state index is -0.988. The number of aliphatic carboxylic acids is 1. The molecule has 0 saturated carbocycles. The maximum atomic E-state index is 13.3. The molecule has 0 spiro atoms. The number of rotatable bonds is 6. The van der Waals surface area contributed by atoms with Gasteiger partial charge in [0.1, 0.15) is 0 Å². The van der Waals surface area contributed by atoms with Crippen LogP contribution in [-0.2, 0) is 11.3 Å². The Hall–Kier alpha value is -2.31. The highest BCUT2D eigenvalue weighted by molar-refractivity contribution is 5.74. The molecule has 2 amide bonds. The fourth-order valence-electron chi connectivity index (χ4n) is 1.35. The summed E-state index contributed by atoms with van der Waals surface area (Å²) in [7, 11) is 1.37. The van der Waals surface area contributed by atoms with E-state index >= 15 is 0 Å². The van der Waals surface area contributed by atoms with E-state index in [0.29, 0.717) is 5.56 Å². The number of carbonyl (C=O) groups excluding carboxylic acids is 1. The maximum Gasteiger partial charge on any atom is 0.315 e. The summed E-state index contributed by atoms with van der Waals surface area (Å²) < 4.78 is 18.1. The average molecular weight is 270 g/mol. The lowest BCUT2D eigenvalue weighted by Crippen LogP contribution is -2.36. The summed E-state index contributed by atoms with van der Waals surface area (Å²) in [5.41, 5.74) is 0.576. The minimum absolute atomic E-state index is 0.0398. The van der Waals surface area contributed by atoms with Gasteiger partial charge < -0.3 is 20.5 Å². The molecule has 0 aromatic heterocycles. The number of ether oxygens (including phenoxy) is 1. The van der Waals surface area contributed by atoms with Gasteiger partial charge in [0, 0.05) is 13.1 Å². The van der Waals surface area contributed by atoms with Crippen molar-refractivity contribution in [3.05, 3.63) is 29.6 Å². The van der Waals surface area contributed by atoms with Crippen LogP contribution < -0.4 is 15.4 Å². The van der Waals surface area contributed by atoms with Gasteiger partial charge in [0.05, 0.1) is 13.5 Å². The van der Waals surface area contributed by atoms with Gasteiger partial charge in [-0.25, -0.2) is 9.18 Å². The van der Waals surface area contributed by atoms with Crippen molar-refractivity contribution < 1.29 is 23.8 Å². The minimum Gasteiger partial charge on any atom is -0.494 e. The number of carbonyl (C=O) groups is 2. The number of hydrogen-bond acceptors (Lipinski definition) is 3. The van der Waals surface area contributed by atoms with Crippen molar-refractivity contribution in [3.8, 4) is 5.75 Å². The molecule has 1 rings (SSSR count). The highest BCUT2D eigenvalue weighted by Crippen LogP contribution is 2.17. The maximum absolute atomic E-state index is 13.3. The second-order valence-electron chi connectivity index (χ2n) is 3.72. The Morgan fingerprint density at radius 2 is 2.11 bits per heavy atom. The Labute approximate surface area is 109 Å². The lowest BCUT2D eigenvalue weighted by molar-refractivity contribution is -0.136. The third kappa shape index (κ3) is 5.24. The summed E-state index contributed by atoms with van der Waals surface area (Å²) in [5, 5.41) is 13.2. The quantitative estimate of drug-likeness (QED) is 0.722. The van der Waals surface area contributed by atoms with Gasteiger partial charge in [0.25, 0.3) is 0 Å². The summed E-state index contributed by atoms with van der Waals surface area (Å²) in [6.07, 6.45) is -0.148. The molecule has 0 aliphatic rings. The first-order valence-electron chi connectivity index (χ1n) is 5.59. The molecule has 7 heteroatoms. The van der Waals surface area contributed by atoms with Gasteiger partial charge in [-0.1, -0.05) is 6.07 Å². The van der Waals surface area contributed by atoms with Crippen molar-refractivity contribution in [3.63, 3.8) is 0 Å². The molecule has 0 heterocycles. The van der Waals surface area contributed by atoms with Gasteiger partial charge in [-0.2, -0.15) is 0 Å². The van der Waals surface area contributed by atoms with Gasteiger partial charge in [-0.15, -0.1) is 0 Å². The van der Waals surface area contributed by atoms with Crippen molar-refractivity contribution in [2.45, 2.75) is 13.0 Å². The van der Waals surface area contributed by atoms with E-state index in [1.54, 1.807) is 6.07 Å². The first kappa shape index (κ1) is 14.7. The normalized spacial score (nSPS) is 9.79. The lowest BCUT2D eigenvalue weighted by Gasteiger charge is -2.08. The van der Waals surface area contributed by atoms with E-state index in [1.165, 1.54) is 19.2 Å². The van der Waals surface area contributed by atoms with E-state index in [-0.39, 0.29) is 25.3 Å². The van der Waals surface area contributed by atoms with Crippen molar-refractivity contribution >= 4 is 12.0 Å². The number of hydrogen-bond donors (Lipinski definition) is 3. The van der Waals surface area contributed by atoms with E-state index in [1.807, 2.05) is 0 Å². The van der Waals surface area contributed by atoms with Crippen LogP contribution in [0.25, 0.3) is 0 Å². The molecule has 19 heavy (non-hydrogen) atoms. The molecule has 0 aliphatic carbocycles. The molecule has 6 nitrogen and oxygen atoms in total. The fraction of sp³-hybridized carbons (Fsp3) is 0.333. The molecule has 1 aromatic carbocycles. The Morgan fingerprint density at radius 3 is 2.68 bits per heavy atom. The van der Waals surface area contributed by atoms with Crippen LogP contribution >= 0.6 is 0 Å².